The van der Waals surface area contributed by atoms with Gasteiger partial charge >= 0.3 is 0 Å². The molecule has 108 valence electrons. The Morgan fingerprint density at radius 3 is 2.24 bits per heavy atom. The minimum atomic E-state index is -0.360. The van der Waals surface area contributed by atoms with Crippen LogP contribution >= 0.6 is 0 Å². The Hall–Kier alpha value is -2.49. The van der Waals surface area contributed by atoms with Crippen LogP contribution in [-0.2, 0) is 4.79 Å². The maximum atomic E-state index is 13.0. The highest BCUT2D eigenvalue weighted by Gasteiger charge is 2.16. The van der Waals surface area contributed by atoms with E-state index in [-0.39, 0.29) is 17.4 Å². The van der Waals surface area contributed by atoms with Gasteiger partial charge in [0.2, 0.25) is 0 Å². The van der Waals surface area contributed by atoms with Gasteiger partial charge in [0.05, 0.1) is 5.56 Å². The Kier molecular flexibility index (Phi) is 4.17. The molecule has 2 rings (SSSR count). The molecule has 2 aromatic rings. The Balaban J connectivity index is 2.56. The van der Waals surface area contributed by atoms with Gasteiger partial charge < -0.3 is 4.42 Å². The first-order valence-electron chi connectivity index (χ1n) is 6.48. The lowest BCUT2D eigenvalue weighted by Crippen LogP contribution is -1.92. The number of carbonyl (C=O) groups excluding carboxylic acids is 2. The fourth-order valence-electron chi connectivity index (χ4n) is 2.09. The summed E-state index contributed by atoms with van der Waals surface area (Å²) in [6.07, 6.45) is 1.41. The molecule has 0 atom stereocenters. The number of hydrogen-bond donors (Lipinski definition) is 0. The molecule has 0 bridgehead atoms. The van der Waals surface area contributed by atoms with E-state index in [1.165, 1.54) is 32.1 Å². The third kappa shape index (κ3) is 3.34. The largest absolute Gasteiger partial charge is 0.461 e. The van der Waals surface area contributed by atoms with E-state index in [4.69, 9.17) is 4.42 Å². The zero-order chi connectivity index (χ0) is 15.6. The topological polar surface area (TPSA) is 47.3 Å². The molecule has 0 amide bonds. The number of carbonyl (C=O) groups is 2. The smallest absolute Gasteiger partial charge is 0.163 e. The molecule has 0 spiro atoms. The number of aryl methyl sites for hydroxylation is 1. The molecule has 1 aromatic heterocycles. The van der Waals surface area contributed by atoms with Gasteiger partial charge in [0.15, 0.2) is 11.6 Å². The minimum Gasteiger partial charge on any atom is -0.461 e. The lowest BCUT2D eigenvalue weighted by atomic mass is 10.0. The average Bonchev–Trinajstić information content (AvgIpc) is 2.79. The lowest BCUT2D eigenvalue weighted by Gasteiger charge is -2.04. The van der Waals surface area contributed by atoms with Crippen LogP contribution < -0.4 is 0 Å². The maximum absolute atomic E-state index is 13.0. The summed E-state index contributed by atoms with van der Waals surface area (Å²) < 4.78 is 18.6. The summed E-state index contributed by atoms with van der Waals surface area (Å²) in [7, 11) is 0. The third-order valence-electron chi connectivity index (χ3n) is 3.07. The van der Waals surface area contributed by atoms with Crippen molar-refractivity contribution >= 4 is 17.1 Å². The van der Waals surface area contributed by atoms with Crippen LogP contribution in [0.5, 0.6) is 0 Å². The third-order valence-corrected chi connectivity index (χ3v) is 3.07. The van der Waals surface area contributed by atoms with Crippen molar-refractivity contribution in [3.8, 4) is 0 Å². The predicted molar refractivity (Wildman–Crippen MR) is 77.6 cm³/mol. The number of rotatable bonds is 4. The second kappa shape index (κ2) is 5.87. The van der Waals surface area contributed by atoms with Crippen molar-refractivity contribution in [3.63, 3.8) is 0 Å². The summed E-state index contributed by atoms with van der Waals surface area (Å²) in [6, 6.07) is 7.36. The van der Waals surface area contributed by atoms with Crippen molar-refractivity contribution in [2.24, 2.45) is 0 Å². The Bertz CT molecular complexity index is 721. The van der Waals surface area contributed by atoms with E-state index >= 15 is 0 Å². The first-order chi connectivity index (χ1) is 9.88. The molecule has 4 heteroatoms. The summed E-state index contributed by atoms with van der Waals surface area (Å²) in [5.41, 5.74) is 1.65. The number of benzene rings is 1. The highest BCUT2D eigenvalue weighted by molar-refractivity contribution is 6.00. The standard InChI is InChI=1S/C17H15FO3/c1-10(19)8-16(13-4-6-14(18)7-5-13)17-9-15(11(2)20)12(3)21-17/h4-9H,1-3H3/b16-8+. The lowest BCUT2D eigenvalue weighted by molar-refractivity contribution is -0.112. The maximum Gasteiger partial charge on any atom is 0.163 e. The van der Waals surface area contributed by atoms with Crippen LogP contribution in [-0.4, -0.2) is 11.6 Å². The molecule has 0 aliphatic heterocycles. The normalized spacial score (nSPS) is 11.5. The summed E-state index contributed by atoms with van der Waals surface area (Å²) in [4.78, 5) is 22.9. The molecule has 0 N–H and O–H groups in total. The van der Waals surface area contributed by atoms with Gasteiger partial charge in [-0.3, -0.25) is 9.59 Å². The van der Waals surface area contributed by atoms with Crippen molar-refractivity contribution < 1.29 is 18.4 Å². The molecule has 1 heterocycles. The van der Waals surface area contributed by atoms with Gasteiger partial charge in [0, 0.05) is 5.57 Å². The molecule has 0 saturated heterocycles. The van der Waals surface area contributed by atoms with Gasteiger partial charge in [0.1, 0.15) is 17.3 Å². The van der Waals surface area contributed by atoms with Crippen LogP contribution in [0, 0.1) is 12.7 Å². The molecule has 0 unspecified atom stereocenters. The van der Waals surface area contributed by atoms with E-state index in [2.05, 4.69) is 0 Å². The average molecular weight is 286 g/mol. The Morgan fingerprint density at radius 1 is 1.14 bits per heavy atom. The second-order valence-electron chi connectivity index (χ2n) is 4.81. The molecule has 0 fully saturated rings. The number of allylic oxidation sites excluding steroid dienone is 1. The van der Waals surface area contributed by atoms with Gasteiger partial charge in [-0.1, -0.05) is 12.1 Å². The van der Waals surface area contributed by atoms with E-state index in [0.717, 1.165) is 0 Å². The molecule has 0 saturated carbocycles. The molecule has 0 aliphatic rings. The van der Waals surface area contributed by atoms with Gasteiger partial charge in [-0.15, -0.1) is 0 Å². The highest BCUT2D eigenvalue weighted by Crippen LogP contribution is 2.28. The van der Waals surface area contributed by atoms with E-state index < -0.39 is 0 Å². The number of halogens is 1. The first-order valence-corrected chi connectivity index (χ1v) is 6.48. The van der Waals surface area contributed by atoms with Crippen molar-refractivity contribution in [1.82, 2.24) is 0 Å². The van der Waals surface area contributed by atoms with Gasteiger partial charge in [-0.2, -0.15) is 0 Å². The fraction of sp³-hybridized carbons (Fsp3) is 0.176. The van der Waals surface area contributed by atoms with Crippen LogP contribution in [0.15, 0.2) is 40.8 Å². The van der Waals surface area contributed by atoms with Crippen LogP contribution in [0.2, 0.25) is 0 Å². The first kappa shape index (κ1) is 14.9. The quantitative estimate of drug-likeness (QED) is 0.631. The summed E-state index contributed by atoms with van der Waals surface area (Å²) in [5.74, 6) is 0.283. The summed E-state index contributed by atoms with van der Waals surface area (Å²) in [6.45, 7) is 4.56. The molecular formula is C17H15FO3. The minimum absolute atomic E-state index is 0.108. The van der Waals surface area contributed by atoms with Gasteiger partial charge in [0.25, 0.3) is 0 Å². The van der Waals surface area contributed by atoms with Gasteiger partial charge in [-0.05, 0) is 50.6 Å². The molecule has 21 heavy (non-hydrogen) atoms. The second-order valence-corrected chi connectivity index (χ2v) is 4.81. The number of Topliss-reactive ketones (excluding diaryl/α,β-unsaturated/α-hetero) is 1. The molecular weight excluding hydrogens is 271 g/mol. The molecule has 3 nitrogen and oxygen atoms in total. The molecule has 1 aromatic carbocycles. The van der Waals surface area contributed by atoms with Crippen molar-refractivity contribution in [2.75, 3.05) is 0 Å². The number of hydrogen-bond acceptors (Lipinski definition) is 3. The summed E-state index contributed by atoms with van der Waals surface area (Å²) >= 11 is 0. The van der Waals surface area contributed by atoms with E-state index in [0.29, 0.717) is 28.2 Å². The number of ketones is 2. The predicted octanol–water partition coefficient (Wildman–Crippen LogP) is 3.95. The Labute approximate surface area is 122 Å². The molecule has 0 radical (unpaired) electrons. The van der Waals surface area contributed by atoms with E-state index in [1.54, 1.807) is 25.1 Å². The SMILES string of the molecule is CC(=O)/C=C(\c1ccc(F)cc1)c1cc(C(C)=O)c(C)o1. The van der Waals surface area contributed by atoms with Gasteiger partial charge in [-0.25, -0.2) is 4.39 Å². The van der Waals surface area contributed by atoms with Crippen molar-refractivity contribution in [2.45, 2.75) is 20.8 Å². The van der Waals surface area contributed by atoms with Crippen molar-refractivity contribution in [1.29, 1.82) is 0 Å². The number of furan rings is 1. The van der Waals surface area contributed by atoms with Crippen LogP contribution in [0.4, 0.5) is 4.39 Å². The van der Waals surface area contributed by atoms with Crippen LogP contribution in [0.1, 0.15) is 41.3 Å². The van der Waals surface area contributed by atoms with E-state index in [1.807, 2.05) is 0 Å². The van der Waals surface area contributed by atoms with Crippen molar-refractivity contribution in [3.05, 3.63) is 64.9 Å². The van der Waals surface area contributed by atoms with E-state index in [9.17, 15) is 14.0 Å². The van der Waals surface area contributed by atoms with Crippen LogP contribution in [0.25, 0.3) is 5.57 Å². The zero-order valence-electron chi connectivity index (χ0n) is 12.1. The zero-order valence-corrected chi connectivity index (χ0v) is 12.1. The monoisotopic (exact) mass is 286 g/mol. The molecule has 0 aliphatic carbocycles. The fourth-order valence-corrected chi connectivity index (χ4v) is 2.09. The van der Waals surface area contributed by atoms with Crippen LogP contribution in [0.3, 0.4) is 0 Å². The summed E-state index contributed by atoms with van der Waals surface area (Å²) in [5, 5.41) is 0. The Morgan fingerprint density at radius 2 is 1.76 bits per heavy atom. The highest BCUT2D eigenvalue weighted by atomic mass is 19.1.